The first-order valence-electron chi connectivity index (χ1n) is 5.20. The van der Waals surface area contributed by atoms with Crippen molar-refractivity contribution in [2.24, 2.45) is 0 Å². The Morgan fingerprint density at radius 1 is 0.733 bits per heavy atom. The van der Waals surface area contributed by atoms with Crippen molar-refractivity contribution in [2.45, 2.75) is 34.5 Å². The van der Waals surface area contributed by atoms with E-state index >= 15 is 0 Å². The Kier molecular flexibility index (Phi) is 15.5. The molecule has 86 valence electrons. The predicted octanol–water partition coefficient (Wildman–Crippen LogP) is 3.93. The fourth-order valence-corrected chi connectivity index (χ4v) is 0.675. The zero-order valence-electron chi connectivity index (χ0n) is 11.0. The third kappa shape index (κ3) is 31.3. The molecular weight excluding hydrogens is 320 g/mol. The van der Waals surface area contributed by atoms with Gasteiger partial charge in [0.2, 0.25) is 0 Å². The Labute approximate surface area is 108 Å². The molecule has 0 aliphatic carbocycles. The Hall–Kier alpha value is 0.736. The summed E-state index contributed by atoms with van der Waals surface area (Å²) in [6.45, 7) is 0. The molecule has 0 aliphatic heterocycles. The summed E-state index contributed by atoms with van der Waals surface area (Å²) in [7, 11) is 2.63. The second-order valence-electron chi connectivity index (χ2n) is 4.41. The van der Waals surface area contributed by atoms with Crippen LogP contribution in [0.15, 0.2) is 30.3 Å². The minimum absolute atomic E-state index is 0.333. The van der Waals surface area contributed by atoms with Crippen LogP contribution in [0.3, 0.4) is 0 Å². The first-order valence-corrected chi connectivity index (χ1v) is 18.4. The molecule has 0 spiro atoms. The summed E-state index contributed by atoms with van der Waals surface area (Å²) >= 11 is -0.667. The molecule has 1 aromatic carbocycles. The fraction of sp³-hybridized carbons (Fsp3) is 0.500. The zero-order valence-corrected chi connectivity index (χ0v) is 16.3. The van der Waals surface area contributed by atoms with Crippen molar-refractivity contribution >= 4 is 43.2 Å². The number of hydrogen-bond acceptors (Lipinski definition) is 0. The van der Waals surface area contributed by atoms with Crippen LogP contribution in [0.2, 0.25) is 34.5 Å². The summed E-state index contributed by atoms with van der Waals surface area (Å²) in [4.78, 5) is 0. The topological polar surface area (TPSA) is 0 Å². The average Bonchev–Trinajstić information content (AvgIpc) is 2.03. The van der Waals surface area contributed by atoms with Crippen LogP contribution in [0.4, 0.5) is 0 Å². The van der Waals surface area contributed by atoms with E-state index in [1.165, 1.54) is 5.30 Å². The molecule has 0 saturated carbocycles. The molecule has 0 nitrogen and oxygen atoms in total. The molecule has 1 aromatic rings. The van der Waals surface area contributed by atoms with E-state index in [-0.39, 0.29) is 28.7 Å². The van der Waals surface area contributed by atoms with Crippen LogP contribution in [-0.2, 0) is 0 Å². The van der Waals surface area contributed by atoms with E-state index in [4.69, 9.17) is 0 Å². The molecule has 15 heavy (non-hydrogen) atoms. The zero-order chi connectivity index (χ0) is 12.3. The molecule has 0 heterocycles. The van der Waals surface area contributed by atoms with Gasteiger partial charge >= 0.3 is 63.2 Å². The quantitative estimate of drug-likeness (QED) is 0.494. The first kappa shape index (κ1) is 18.1. The van der Waals surface area contributed by atoms with Crippen molar-refractivity contribution in [3.8, 4) is 0 Å². The van der Waals surface area contributed by atoms with E-state index in [0.717, 1.165) is 0 Å². The predicted molar refractivity (Wildman–Crippen MR) is 82.5 cm³/mol. The molecule has 0 amide bonds. The van der Waals surface area contributed by atoms with Crippen LogP contribution in [-0.4, -0.2) is 28.7 Å². The molecule has 1 rings (SSSR count). The van der Waals surface area contributed by atoms with Gasteiger partial charge in [0.05, 0.1) is 0 Å². The summed E-state index contributed by atoms with van der Waals surface area (Å²) in [5.41, 5.74) is 0. The van der Waals surface area contributed by atoms with Gasteiger partial charge in [0.15, 0.2) is 0 Å². The standard InChI is InChI=1S/C6H7P.2C3H9Ge/c7-6-4-2-1-3-5-6;2*1-4(2)3/h1-5H,7H2;2*1-3H3. The van der Waals surface area contributed by atoms with Gasteiger partial charge < -0.3 is 0 Å². The molecule has 2 radical (unpaired) electrons. The minimum atomic E-state index is -0.333. The second-order valence-corrected chi connectivity index (χ2v) is 17.7. The molecule has 0 saturated heterocycles. The van der Waals surface area contributed by atoms with Crippen LogP contribution in [0.5, 0.6) is 0 Å². The maximum atomic E-state index is 2.63. The molecule has 1 unspecified atom stereocenters. The van der Waals surface area contributed by atoms with Crippen molar-refractivity contribution in [3.05, 3.63) is 30.3 Å². The van der Waals surface area contributed by atoms with Gasteiger partial charge in [0.25, 0.3) is 0 Å². The SMILES string of the molecule is Pc1ccccc1.[CH3][Ge]([CH3])[CH3].[CH3][Ge]([CH3])[CH3]. The third-order valence-corrected chi connectivity index (χ3v) is 1.18. The molecule has 0 fully saturated rings. The number of benzene rings is 1. The van der Waals surface area contributed by atoms with Gasteiger partial charge in [-0.15, -0.1) is 9.24 Å². The molecule has 1 atom stereocenters. The summed E-state index contributed by atoms with van der Waals surface area (Å²) < 4.78 is 0. The molecule has 0 aromatic heterocycles. The summed E-state index contributed by atoms with van der Waals surface area (Å²) in [6.07, 6.45) is 0. The van der Waals surface area contributed by atoms with Gasteiger partial charge in [-0.2, -0.15) is 0 Å². The summed E-state index contributed by atoms with van der Waals surface area (Å²) in [5, 5.41) is 1.24. The van der Waals surface area contributed by atoms with E-state index in [0.29, 0.717) is 0 Å². The van der Waals surface area contributed by atoms with E-state index in [1.54, 1.807) is 0 Å². The van der Waals surface area contributed by atoms with Gasteiger partial charge in [-0.3, -0.25) is 0 Å². The van der Waals surface area contributed by atoms with Crippen molar-refractivity contribution in [1.29, 1.82) is 0 Å². The van der Waals surface area contributed by atoms with Gasteiger partial charge in [-0.05, 0) is 5.30 Å². The monoisotopic (exact) mass is 348 g/mol. The van der Waals surface area contributed by atoms with Crippen LogP contribution >= 0.6 is 9.24 Å². The van der Waals surface area contributed by atoms with E-state index < -0.39 is 0 Å². The molecule has 0 bridgehead atoms. The van der Waals surface area contributed by atoms with E-state index in [1.807, 2.05) is 30.3 Å². The average molecular weight is 346 g/mol. The first-order chi connectivity index (χ1) is 6.86. The van der Waals surface area contributed by atoms with Crippen molar-refractivity contribution in [3.63, 3.8) is 0 Å². The third-order valence-electron chi connectivity index (χ3n) is 0.800. The van der Waals surface area contributed by atoms with Gasteiger partial charge in [-0.1, -0.05) is 30.3 Å². The normalized spacial score (nSPS) is 8.87. The van der Waals surface area contributed by atoms with Crippen molar-refractivity contribution < 1.29 is 0 Å². The van der Waals surface area contributed by atoms with Crippen molar-refractivity contribution in [2.75, 3.05) is 0 Å². The fourth-order valence-electron chi connectivity index (χ4n) is 0.453. The number of rotatable bonds is 0. The van der Waals surface area contributed by atoms with Gasteiger partial charge in [-0.25, -0.2) is 0 Å². The second kappa shape index (κ2) is 12.8. The van der Waals surface area contributed by atoms with E-state index in [9.17, 15) is 0 Å². The maximum absolute atomic E-state index is 2.63. The van der Waals surface area contributed by atoms with E-state index in [2.05, 4.69) is 43.8 Å². The van der Waals surface area contributed by atoms with Crippen molar-refractivity contribution in [1.82, 2.24) is 0 Å². The molecule has 3 heteroatoms. The Bertz CT molecular complexity index is 199. The Balaban J connectivity index is 0. The van der Waals surface area contributed by atoms with Gasteiger partial charge in [0.1, 0.15) is 0 Å². The van der Waals surface area contributed by atoms with Crippen LogP contribution in [0.1, 0.15) is 0 Å². The Morgan fingerprint density at radius 2 is 1.00 bits per heavy atom. The molecule has 0 N–H and O–H groups in total. The molecule has 0 aliphatic rings. The van der Waals surface area contributed by atoms with Crippen LogP contribution < -0.4 is 5.30 Å². The van der Waals surface area contributed by atoms with Crippen LogP contribution in [0, 0.1) is 0 Å². The summed E-state index contributed by atoms with van der Waals surface area (Å²) in [5.74, 6) is 14.0. The molecular formula is C12H25Ge2P. The Morgan fingerprint density at radius 3 is 1.13 bits per heavy atom. The van der Waals surface area contributed by atoms with Gasteiger partial charge in [0, 0.05) is 0 Å². The summed E-state index contributed by atoms with van der Waals surface area (Å²) in [6, 6.07) is 10.1. The van der Waals surface area contributed by atoms with Crippen LogP contribution in [0.25, 0.3) is 0 Å². The number of hydrogen-bond donors (Lipinski definition) is 0.